The highest BCUT2D eigenvalue weighted by atomic mass is 35.5. The van der Waals surface area contributed by atoms with Crippen molar-refractivity contribution < 1.29 is 4.74 Å². The maximum absolute atomic E-state index is 12.6. The van der Waals surface area contributed by atoms with Crippen LogP contribution in [0.2, 0.25) is 0 Å². The van der Waals surface area contributed by atoms with Crippen LogP contribution in [0.1, 0.15) is 26.2 Å². The van der Waals surface area contributed by atoms with Gasteiger partial charge >= 0.3 is 0 Å². The molecule has 0 fully saturated rings. The molecule has 0 saturated heterocycles. The highest BCUT2D eigenvalue weighted by Crippen LogP contribution is 2.20. The van der Waals surface area contributed by atoms with E-state index in [1.165, 1.54) is 0 Å². The van der Waals surface area contributed by atoms with Crippen LogP contribution in [-0.2, 0) is 4.74 Å². The van der Waals surface area contributed by atoms with Crippen molar-refractivity contribution in [1.29, 1.82) is 0 Å². The van der Waals surface area contributed by atoms with E-state index >= 15 is 0 Å². The molecule has 0 radical (unpaired) electrons. The largest absolute Gasteiger partial charge is 0.496 e. The van der Waals surface area contributed by atoms with Crippen molar-refractivity contribution in [2.24, 2.45) is 0 Å². The molecule has 1 heterocycles. The van der Waals surface area contributed by atoms with E-state index in [2.05, 4.69) is 6.92 Å². The summed E-state index contributed by atoms with van der Waals surface area (Å²) in [5, 5.41) is 2.05. The average molecular weight is 307 g/mol. The van der Waals surface area contributed by atoms with Gasteiger partial charge in [-0.15, -0.1) is 11.3 Å². The summed E-state index contributed by atoms with van der Waals surface area (Å²) in [6.45, 7) is 2.76. The molecule has 0 N–H and O–H groups in total. The first-order valence-corrected chi connectivity index (χ1v) is 7.98. The minimum atomic E-state index is 0.0247. The zero-order chi connectivity index (χ0) is 14.1. The Morgan fingerprint density at radius 3 is 2.90 bits per heavy atom. The predicted octanol–water partition coefficient (Wildman–Crippen LogP) is 2.94. The number of halogens is 1. The zero-order valence-electron chi connectivity index (χ0n) is 11.2. The topological polar surface area (TPSA) is 26.3 Å². The quantitative estimate of drug-likeness (QED) is 0.871. The van der Waals surface area contributed by atoms with Crippen LogP contribution >= 0.6 is 22.9 Å². The SMILES string of the molecule is CCCOC1=c2sc3ccccc3c(=O)c2=C(Cl)CC1. The summed E-state index contributed by atoms with van der Waals surface area (Å²) >= 11 is 7.91. The lowest BCUT2D eigenvalue weighted by Gasteiger charge is -2.14. The van der Waals surface area contributed by atoms with Gasteiger partial charge in [0.25, 0.3) is 0 Å². The summed E-state index contributed by atoms with van der Waals surface area (Å²) in [5.41, 5.74) is 0.0247. The lowest BCUT2D eigenvalue weighted by molar-refractivity contribution is 0.262. The van der Waals surface area contributed by atoms with Crippen molar-refractivity contribution in [2.45, 2.75) is 26.2 Å². The molecule has 1 aromatic heterocycles. The van der Waals surface area contributed by atoms with Crippen LogP contribution in [0.15, 0.2) is 29.1 Å². The molecule has 2 aromatic rings. The Bertz CT molecular complexity index is 836. The van der Waals surface area contributed by atoms with Gasteiger partial charge in [0.1, 0.15) is 5.76 Å². The van der Waals surface area contributed by atoms with Crippen LogP contribution < -0.4 is 15.2 Å². The van der Waals surface area contributed by atoms with Gasteiger partial charge in [-0.25, -0.2) is 0 Å². The Kier molecular flexibility index (Phi) is 3.81. The second-order valence-electron chi connectivity index (χ2n) is 4.81. The molecular formula is C16H15ClO2S. The number of ether oxygens (including phenoxy) is 1. The molecule has 0 spiro atoms. The number of benzene rings is 1. The molecule has 1 aliphatic rings. The minimum absolute atomic E-state index is 0.0247. The van der Waals surface area contributed by atoms with Crippen LogP contribution in [0.4, 0.5) is 0 Å². The maximum Gasteiger partial charge on any atom is 0.197 e. The molecular weight excluding hydrogens is 292 g/mol. The van der Waals surface area contributed by atoms with Gasteiger partial charge in [0.05, 0.1) is 16.4 Å². The smallest absolute Gasteiger partial charge is 0.197 e. The minimum Gasteiger partial charge on any atom is -0.496 e. The Morgan fingerprint density at radius 1 is 1.30 bits per heavy atom. The van der Waals surface area contributed by atoms with Crippen molar-refractivity contribution in [3.05, 3.63) is 44.2 Å². The highest BCUT2D eigenvalue weighted by Gasteiger charge is 2.15. The number of rotatable bonds is 3. The van der Waals surface area contributed by atoms with Gasteiger partial charge in [-0.2, -0.15) is 0 Å². The normalized spacial score (nSPS) is 14.5. The summed E-state index contributed by atoms with van der Waals surface area (Å²) in [4.78, 5) is 12.6. The molecule has 0 atom stereocenters. The first kappa shape index (κ1) is 13.7. The fourth-order valence-electron chi connectivity index (χ4n) is 2.41. The van der Waals surface area contributed by atoms with Gasteiger partial charge < -0.3 is 4.74 Å². The van der Waals surface area contributed by atoms with Gasteiger partial charge in [-0.1, -0.05) is 30.7 Å². The summed E-state index contributed by atoms with van der Waals surface area (Å²) in [7, 11) is 0. The molecule has 0 aliphatic heterocycles. The lowest BCUT2D eigenvalue weighted by atomic mass is 10.1. The van der Waals surface area contributed by atoms with E-state index in [9.17, 15) is 4.79 Å². The van der Waals surface area contributed by atoms with Crippen molar-refractivity contribution in [3.8, 4) is 0 Å². The lowest BCUT2D eigenvalue weighted by Crippen LogP contribution is -2.42. The maximum atomic E-state index is 12.6. The van der Waals surface area contributed by atoms with E-state index in [1.54, 1.807) is 11.3 Å². The molecule has 0 unspecified atom stereocenters. The number of fused-ring (bicyclic) bond motifs is 2. The van der Waals surface area contributed by atoms with Crippen LogP contribution in [0.3, 0.4) is 0 Å². The molecule has 0 bridgehead atoms. The first-order valence-electron chi connectivity index (χ1n) is 6.79. The third kappa shape index (κ3) is 2.25. The molecule has 0 saturated carbocycles. The Hall–Kier alpha value is -1.32. The van der Waals surface area contributed by atoms with Crippen molar-refractivity contribution >= 4 is 43.8 Å². The second kappa shape index (κ2) is 5.58. The van der Waals surface area contributed by atoms with Crippen LogP contribution in [0.25, 0.3) is 20.9 Å². The highest BCUT2D eigenvalue weighted by molar-refractivity contribution is 7.16. The fraction of sp³-hybridized carbons (Fsp3) is 0.312. The van der Waals surface area contributed by atoms with E-state index < -0.39 is 0 Å². The zero-order valence-corrected chi connectivity index (χ0v) is 12.8. The van der Waals surface area contributed by atoms with Crippen molar-refractivity contribution in [1.82, 2.24) is 0 Å². The molecule has 1 aliphatic carbocycles. The summed E-state index contributed by atoms with van der Waals surface area (Å²) < 4.78 is 7.73. The van der Waals surface area contributed by atoms with Crippen LogP contribution in [0.5, 0.6) is 0 Å². The Morgan fingerprint density at radius 2 is 2.10 bits per heavy atom. The second-order valence-corrected chi connectivity index (χ2v) is 6.32. The number of hydrogen-bond donors (Lipinski definition) is 0. The molecule has 104 valence electrons. The van der Waals surface area contributed by atoms with E-state index in [4.69, 9.17) is 16.3 Å². The predicted molar refractivity (Wildman–Crippen MR) is 85.5 cm³/mol. The van der Waals surface area contributed by atoms with E-state index in [-0.39, 0.29) is 5.43 Å². The first-order chi connectivity index (χ1) is 9.72. The molecule has 4 heteroatoms. The molecule has 0 amide bonds. The van der Waals surface area contributed by atoms with Gasteiger partial charge in [0.2, 0.25) is 0 Å². The molecule has 2 nitrogen and oxygen atoms in total. The Balaban J connectivity index is 2.43. The van der Waals surface area contributed by atoms with Crippen LogP contribution in [0, 0.1) is 0 Å². The number of hydrogen-bond acceptors (Lipinski definition) is 3. The van der Waals surface area contributed by atoms with Crippen LogP contribution in [-0.4, -0.2) is 6.61 Å². The summed E-state index contributed by atoms with van der Waals surface area (Å²) in [6, 6.07) is 7.67. The van der Waals surface area contributed by atoms with Crippen molar-refractivity contribution in [2.75, 3.05) is 6.61 Å². The van der Waals surface area contributed by atoms with E-state index in [0.29, 0.717) is 23.3 Å². The average Bonchev–Trinajstić information content (AvgIpc) is 2.47. The monoisotopic (exact) mass is 306 g/mol. The van der Waals surface area contributed by atoms with Gasteiger partial charge in [0.15, 0.2) is 5.43 Å². The van der Waals surface area contributed by atoms with E-state index in [0.717, 1.165) is 33.2 Å². The molecule has 20 heavy (non-hydrogen) atoms. The standard InChI is InChI=1S/C16H15ClO2S/c1-2-9-19-12-8-7-11(17)14-15(18)10-5-3-4-6-13(10)20-16(12)14/h3-6H,2,7-9H2,1H3. The van der Waals surface area contributed by atoms with Crippen molar-refractivity contribution in [3.63, 3.8) is 0 Å². The summed E-state index contributed by atoms with van der Waals surface area (Å²) in [5.74, 6) is 0.916. The van der Waals surface area contributed by atoms with Gasteiger partial charge in [-0.05, 0) is 25.0 Å². The molecule has 1 aromatic carbocycles. The fourth-order valence-corrected chi connectivity index (χ4v) is 3.97. The third-order valence-electron chi connectivity index (χ3n) is 3.37. The van der Waals surface area contributed by atoms with Gasteiger partial charge in [-0.3, -0.25) is 4.79 Å². The summed E-state index contributed by atoms with van der Waals surface area (Å²) in [6.07, 6.45) is 2.42. The Labute approximate surface area is 126 Å². The molecule has 3 rings (SSSR count). The third-order valence-corrected chi connectivity index (χ3v) is 4.96. The van der Waals surface area contributed by atoms with E-state index in [1.807, 2.05) is 24.3 Å². The van der Waals surface area contributed by atoms with Gasteiger partial charge in [0, 0.05) is 21.5 Å².